The largest absolute Gasteiger partial charge is 0.454 e. The minimum absolute atomic E-state index is 0.0878. The molecular weight excluding hydrogens is 410 g/mol. The highest BCUT2D eigenvalue weighted by molar-refractivity contribution is 7.80. The monoisotopic (exact) mass is 437 g/mol. The van der Waals surface area contributed by atoms with Gasteiger partial charge >= 0.3 is 0 Å². The third-order valence-electron chi connectivity index (χ3n) is 5.51. The first-order valence-electron chi connectivity index (χ1n) is 10.5. The molecule has 6 nitrogen and oxygen atoms in total. The molecule has 2 aromatic carbocycles. The number of nitrogens with one attached hydrogen (secondary N) is 2. The van der Waals surface area contributed by atoms with E-state index >= 15 is 0 Å². The molecule has 3 aromatic rings. The molecule has 0 fully saturated rings. The molecule has 0 saturated carbocycles. The average molecular weight is 438 g/mol. The van der Waals surface area contributed by atoms with E-state index in [-0.39, 0.29) is 12.4 Å². The van der Waals surface area contributed by atoms with Gasteiger partial charge in [-0.3, -0.25) is 4.79 Å². The van der Waals surface area contributed by atoms with Crippen molar-refractivity contribution >= 4 is 28.2 Å². The van der Waals surface area contributed by atoms with Crippen LogP contribution in [0.2, 0.25) is 0 Å². The predicted molar refractivity (Wildman–Crippen MR) is 127 cm³/mol. The van der Waals surface area contributed by atoms with Gasteiger partial charge in [0.2, 0.25) is 6.79 Å². The van der Waals surface area contributed by atoms with Crippen LogP contribution in [0, 0.1) is 13.8 Å². The van der Waals surface area contributed by atoms with Gasteiger partial charge in [-0.25, -0.2) is 0 Å². The number of aromatic amines is 1. The van der Waals surface area contributed by atoms with Crippen molar-refractivity contribution in [3.63, 3.8) is 0 Å². The highest BCUT2D eigenvalue weighted by atomic mass is 32.1. The van der Waals surface area contributed by atoms with Crippen LogP contribution < -0.4 is 20.3 Å². The van der Waals surface area contributed by atoms with Crippen LogP contribution >= 0.6 is 12.2 Å². The molecule has 2 heterocycles. The van der Waals surface area contributed by atoms with Crippen molar-refractivity contribution in [1.29, 1.82) is 0 Å². The third kappa shape index (κ3) is 4.51. The van der Waals surface area contributed by atoms with Gasteiger partial charge in [0, 0.05) is 24.0 Å². The van der Waals surface area contributed by atoms with Crippen LogP contribution in [0.15, 0.2) is 41.2 Å². The SMILES string of the molecule is CCCNC(=S)N(Cc1ccc2c(c1)OCO2)Cc1cc2c(C)ccc(C)c2[nH]c1=O. The average Bonchev–Trinajstić information content (AvgIpc) is 3.23. The van der Waals surface area contributed by atoms with Gasteiger partial charge in [-0.1, -0.05) is 25.1 Å². The van der Waals surface area contributed by atoms with Crippen LogP contribution in [-0.4, -0.2) is 28.3 Å². The van der Waals surface area contributed by atoms with Crippen LogP contribution in [0.1, 0.15) is 35.6 Å². The van der Waals surface area contributed by atoms with E-state index in [1.165, 1.54) is 0 Å². The highest BCUT2D eigenvalue weighted by Crippen LogP contribution is 2.33. The van der Waals surface area contributed by atoms with Crippen molar-refractivity contribution in [3.05, 3.63) is 69.0 Å². The van der Waals surface area contributed by atoms with Gasteiger partial charge in [-0.05, 0) is 67.4 Å². The molecule has 1 aliphatic rings. The predicted octanol–water partition coefficient (Wildman–Crippen LogP) is 4.16. The van der Waals surface area contributed by atoms with Crippen LogP contribution in [-0.2, 0) is 13.1 Å². The lowest BCUT2D eigenvalue weighted by molar-refractivity contribution is 0.174. The van der Waals surface area contributed by atoms with Crippen LogP contribution in [0.3, 0.4) is 0 Å². The number of rotatable bonds is 6. The van der Waals surface area contributed by atoms with Crippen molar-refractivity contribution in [2.45, 2.75) is 40.3 Å². The van der Waals surface area contributed by atoms with E-state index < -0.39 is 0 Å². The molecule has 7 heteroatoms. The number of hydrogen-bond acceptors (Lipinski definition) is 4. The van der Waals surface area contributed by atoms with E-state index in [1.807, 2.05) is 42.2 Å². The summed E-state index contributed by atoms with van der Waals surface area (Å²) in [5.41, 5.74) is 4.71. The van der Waals surface area contributed by atoms with Crippen molar-refractivity contribution < 1.29 is 9.47 Å². The van der Waals surface area contributed by atoms with Crippen LogP contribution in [0.5, 0.6) is 11.5 Å². The standard InChI is InChI=1S/C24H27N3O3S/c1-4-9-25-24(31)27(12-17-7-8-20-21(10-17)30-14-29-20)13-18-11-19-15(2)5-6-16(3)22(19)26-23(18)28/h5-8,10-11H,4,9,12-14H2,1-3H3,(H,25,31)(H,26,28). The maximum atomic E-state index is 12.9. The van der Waals surface area contributed by atoms with E-state index in [2.05, 4.69) is 30.2 Å². The summed E-state index contributed by atoms with van der Waals surface area (Å²) in [4.78, 5) is 18.0. The maximum absolute atomic E-state index is 12.9. The number of thiocarbonyl (C=S) groups is 1. The number of benzene rings is 2. The first-order valence-corrected chi connectivity index (χ1v) is 10.9. The summed E-state index contributed by atoms with van der Waals surface area (Å²) in [6, 6.07) is 12.0. The van der Waals surface area contributed by atoms with E-state index in [1.54, 1.807) is 0 Å². The van der Waals surface area contributed by atoms with Crippen molar-refractivity contribution in [1.82, 2.24) is 15.2 Å². The fraction of sp³-hybridized carbons (Fsp3) is 0.333. The minimum atomic E-state index is -0.0878. The van der Waals surface area contributed by atoms with E-state index in [4.69, 9.17) is 21.7 Å². The molecule has 31 heavy (non-hydrogen) atoms. The maximum Gasteiger partial charge on any atom is 0.253 e. The second-order valence-electron chi connectivity index (χ2n) is 7.89. The van der Waals surface area contributed by atoms with Gasteiger partial charge < -0.3 is 24.7 Å². The number of ether oxygens (including phenoxy) is 2. The summed E-state index contributed by atoms with van der Waals surface area (Å²) in [5, 5.41) is 4.98. The molecule has 0 amide bonds. The van der Waals surface area contributed by atoms with E-state index in [0.29, 0.717) is 23.8 Å². The molecule has 1 aromatic heterocycles. The number of fused-ring (bicyclic) bond motifs is 2. The Labute approximate surface area is 187 Å². The summed E-state index contributed by atoms with van der Waals surface area (Å²) < 4.78 is 10.9. The summed E-state index contributed by atoms with van der Waals surface area (Å²) in [6.45, 7) is 8.14. The molecule has 0 atom stereocenters. The first-order chi connectivity index (χ1) is 15.0. The summed E-state index contributed by atoms with van der Waals surface area (Å²) in [7, 11) is 0. The quantitative estimate of drug-likeness (QED) is 0.565. The van der Waals surface area contributed by atoms with Crippen molar-refractivity contribution in [2.75, 3.05) is 13.3 Å². The Morgan fingerprint density at radius 1 is 1.10 bits per heavy atom. The molecule has 2 N–H and O–H groups in total. The fourth-order valence-corrected chi connectivity index (χ4v) is 3.98. The Kier molecular flexibility index (Phi) is 6.13. The summed E-state index contributed by atoms with van der Waals surface area (Å²) in [6.07, 6.45) is 0.965. The Bertz CT molecular complexity index is 1190. The summed E-state index contributed by atoms with van der Waals surface area (Å²) >= 11 is 5.67. The zero-order valence-corrected chi connectivity index (χ0v) is 18.9. The van der Waals surface area contributed by atoms with Crippen molar-refractivity contribution in [3.8, 4) is 11.5 Å². The second-order valence-corrected chi connectivity index (χ2v) is 8.27. The molecule has 0 spiro atoms. The molecule has 0 aliphatic carbocycles. The lowest BCUT2D eigenvalue weighted by Crippen LogP contribution is -2.40. The topological polar surface area (TPSA) is 66.6 Å². The molecule has 0 radical (unpaired) electrons. The number of H-pyrrole nitrogens is 1. The van der Waals surface area contributed by atoms with Crippen LogP contribution in [0.4, 0.5) is 0 Å². The van der Waals surface area contributed by atoms with Gasteiger partial charge in [-0.2, -0.15) is 0 Å². The third-order valence-corrected chi connectivity index (χ3v) is 5.91. The lowest BCUT2D eigenvalue weighted by atomic mass is 10.0. The second kappa shape index (κ2) is 8.98. The van der Waals surface area contributed by atoms with E-state index in [9.17, 15) is 4.79 Å². The number of hydrogen-bond donors (Lipinski definition) is 2. The Balaban J connectivity index is 1.66. The Hall–Kier alpha value is -3.06. The molecule has 0 bridgehead atoms. The van der Waals surface area contributed by atoms with Crippen LogP contribution in [0.25, 0.3) is 10.9 Å². The molecular formula is C24H27N3O3S. The first kappa shape index (κ1) is 21.2. The summed E-state index contributed by atoms with van der Waals surface area (Å²) in [5.74, 6) is 1.48. The molecule has 0 unspecified atom stereocenters. The van der Waals surface area contributed by atoms with E-state index in [0.717, 1.165) is 52.1 Å². The zero-order chi connectivity index (χ0) is 22.0. The smallest absolute Gasteiger partial charge is 0.253 e. The lowest BCUT2D eigenvalue weighted by Gasteiger charge is -2.26. The van der Waals surface area contributed by atoms with Gasteiger partial charge in [0.15, 0.2) is 16.6 Å². The molecule has 4 rings (SSSR count). The minimum Gasteiger partial charge on any atom is -0.454 e. The van der Waals surface area contributed by atoms with Gasteiger partial charge in [0.25, 0.3) is 5.56 Å². The number of aryl methyl sites for hydroxylation is 2. The fourth-order valence-electron chi connectivity index (χ4n) is 3.74. The van der Waals surface area contributed by atoms with Crippen molar-refractivity contribution in [2.24, 2.45) is 0 Å². The molecule has 162 valence electrons. The van der Waals surface area contributed by atoms with Gasteiger partial charge in [-0.15, -0.1) is 0 Å². The Morgan fingerprint density at radius 2 is 1.87 bits per heavy atom. The highest BCUT2D eigenvalue weighted by Gasteiger charge is 2.18. The van der Waals surface area contributed by atoms with Gasteiger partial charge in [0.1, 0.15) is 0 Å². The number of pyridine rings is 1. The van der Waals surface area contributed by atoms with Gasteiger partial charge in [0.05, 0.1) is 12.1 Å². The molecule has 1 aliphatic heterocycles. The molecule has 0 saturated heterocycles. The zero-order valence-electron chi connectivity index (χ0n) is 18.1. The number of aromatic nitrogens is 1. The normalized spacial score (nSPS) is 12.2. The number of nitrogens with zero attached hydrogens (tertiary/aromatic N) is 1. The Morgan fingerprint density at radius 3 is 2.68 bits per heavy atom.